The zero-order valence-electron chi connectivity index (χ0n) is 10.5. The van der Waals surface area contributed by atoms with E-state index in [4.69, 9.17) is 0 Å². The fraction of sp³-hybridized carbons (Fsp3) is 0.750. The molecule has 0 saturated carbocycles. The summed E-state index contributed by atoms with van der Waals surface area (Å²) in [6.07, 6.45) is 2.47. The summed E-state index contributed by atoms with van der Waals surface area (Å²) in [4.78, 5) is 0. The Morgan fingerprint density at radius 2 is 2.25 bits per heavy atom. The molecule has 0 aromatic carbocycles. The van der Waals surface area contributed by atoms with E-state index in [1.807, 2.05) is 23.9 Å². The molecule has 0 saturated heterocycles. The molecule has 2 N–H and O–H groups in total. The molecule has 0 radical (unpaired) electrons. The molecule has 1 rings (SSSR count). The van der Waals surface area contributed by atoms with Gasteiger partial charge in [0.25, 0.3) is 0 Å². The Kier molecular flexibility index (Phi) is 5.49. The Balaban J connectivity index is 2.25. The first-order chi connectivity index (χ1) is 7.63. The molecule has 4 nitrogen and oxygen atoms in total. The van der Waals surface area contributed by atoms with Gasteiger partial charge in [-0.1, -0.05) is 6.92 Å². The second-order valence-electron chi connectivity index (χ2n) is 4.46. The van der Waals surface area contributed by atoms with Crippen LogP contribution in [0.1, 0.15) is 32.9 Å². The largest absolute Gasteiger partial charge is 0.393 e. The third kappa shape index (κ3) is 4.33. The monoisotopic (exact) mass is 225 g/mol. The van der Waals surface area contributed by atoms with Crippen molar-refractivity contribution in [3.8, 4) is 0 Å². The van der Waals surface area contributed by atoms with Crippen LogP contribution in [0.15, 0.2) is 12.3 Å². The quantitative estimate of drug-likeness (QED) is 0.737. The highest BCUT2D eigenvalue weighted by atomic mass is 16.3. The van der Waals surface area contributed by atoms with Crippen LogP contribution in [0.4, 0.5) is 0 Å². The van der Waals surface area contributed by atoms with Crippen LogP contribution in [-0.2, 0) is 13.1 Å². The molecule has 1 heterocycles. The second kappa shape index (κ2) is 6.66. The molecule has 16 heavy (non-hydrogen) atoms. The highest BCUT2D eigenvalue weighted by molar-refractivity contribution is 4.99. The lowest BCUT2D eigenvalue weighted by molar-refractivity contribution is 0.163. The lowest BCUT2D eigenvalue weighted by Gasteiger charge is -2.14. The van der Waals surface area contributed by atoms with Gasteiger partial charge in [-0.15, -0.1) is 0 Å². The molecular formula is C12H23N3O. The maximum atomic E-state index is 9.25. The SMILES string of the molecule is CCn1nccc1CNCC(C)CC(C)O. The Labute approximate surface area is 97.7 Å². The summed E-state index contributed by atoms with van der Waals surface area (Å²) in [6, 6.07) is 2.04. The van der Waals surface area contributed by atoms with E-state index in [9.17, 15) is 5.11 Å². The van der Waals surface area contributed by atoms with Gasteiger partial charge in [-0.3, -0.25) is 4.68 Å². The normalized spacial score (nSPS) is 15.0. The lowest BCUT2D eigenvalue weighted by Crippen LogP contribution is -2.24. The number of rotatable bonds is 7. The van der Waals surface area contributed by atoms with Crippen molar-refractivity contribution in [2.24, 2.45) is 5.92 Å². The van der Waals surface area contributed by atoms with Crippen LogP contribution in [0.2, 0.25) is 0 Å². The van der Waals surface area contributed by atoms with Crippen molar-refractivity contribution in [3.63, 3.8) is 0 Å². The highest BCUT2D eigenvalue weighted by Gasteiger charge is 2.06. The number of aliphatic hydroxyl groups is 1. The van der Waals surface area contributed by atoms with E-state index >= 15 is 0 Å². The van der Waals surface area contributed by atoms with Crippen molar-refractivity contribution in [1.82, 2.24) is 15.1 Å². The van der Waals surface area contributed by atoms with E-state index < -0.39 is 0 Å². The number of nitrogens with one attached hydrogen (secondary N) is 1. The number of aryl methyl sites for hydroxylation is 1. The van der Waals surface area contributed by atoms with Crippen LogP contribution in [-0.4, -0.2) is 27.5 Å². The van der Waals surface area contributed by atoms with Crippen molar-refractivity contribution in [2.75, 3.05) is 6.54 Å². The topological polar surface area (TPSA) is 50.1 Å². The molecule has 4 heteroatoms. The summed E-state index contributed by atoms with van der Waals surface area (Å²) in [5, 5.41) is 16.9. The molecule has 92 valence electrons. The number of aromatic nitrogens is 2. The summed E-state index contributed by atoms with van der Waals surface area (Å²) in [6.45, 7) is 8.76. The molecule has 0 aliphatic carbocycles. The van der Waals surface area contributed by atoms with E-state index in [0.717, 1.165) is 26.1 Å². The van der Waals surface area contributed by atoms with Gasteiger partial charge in [0.1, 0.15) is 0 Å². The van der Waals surface area contributed by atoms with Gasteiger partial charge in [0.15, 0.2) is 0 Å². The minimum Gasteiger partial charge on any atom is -0.393 e. The van der Waals surface area contributed by atoms with E-state index in [1.54, 1.807) is 0 Å². The summed E-state index contributed by atoms with van der Waals surface area (Å²) in [5.74, 6) is 0.498. The Hall–Kier alpha value is -0.870. The van der Waals surface area contributed by atoms with Crippen LogP contribution in [0.25, 0.3) is 0 Å². The molecule has 0 amide bonds. The Morgan fingerprint density at radius 3 is 2.88 bits per heavy atom. The fourth-order valence-electron chi connectivity index (χ4n) is 1.91. The summed E-state index contributed by atoms with van der Waals surface area (Å²) in [7, 11) is 0. The lowest BCUT2D eigenvalue weighted by atomic mass is 10.0. The van der Waals surface area contributed by atoms with Crippen LogP contribution in [0.3, 0.4) is 0 Å². The maximum Gasteiger partial charge on any atom is 0.0521 e. The maximum absolute atomic E-state index is 9.25. The van der Waals surface area contributed by atoms with Gasteiger partial charge in [0, 0.05) is 19.3 Å². The van der Waals surface area contributed by atoms with E-state index in [0.29, 0.717) is 5.92 Å². The molecule has 0 aliphatic rings. The van der Waals surface area contributed by atoms with Crippen LogP contribution < -0.4 is 5.32 Å². The van der Waals surface area contributed by atoms with Crippen molar-refractivity contribution < 1.29 is 5.11 Å². The predicted octanol–water partition coefficient (Wildman–Crippen LogP) is 1.40. The molecule has 1 aromatic rings. The molecule has 0 bridgehead atoms. The molecule has 2 unspecified atom stereocenters. The molecular weight excluding hydrogens is 202 g/mol. The molecule has 0 fully saturated rings. The summed E-state index contributed by atoms with van der Waals surface area (Å²) >= 11 is 0. The molecule has 0 aliphatic heterocycles. The van der Waals surface area contributed by atoms with E-state index in [-0.39, 0.29) is 6.10 Å². The minimum absolute atomic E-state index is 0.210. The first kappa shape index (κ1) is 13.2. The van der Waals surface area contributed by atoms with Crippen LogP contribution >= 0.6 is 0 Å². The third-order valence-electron chi connectivity index (χ3n) is 2.65. The van der Waals surface area contributed by atoms with Crippen molar-refractivity contribution in [1.29, 1.82) is 0 Å². The number of aliphatic hydroxyl groups excluding tert-OH is 1. The van der Waals surface area contributed by atoms with Gasteiger partial charge in [0.05, 0.1) is 11.8 Å². The third-order valence-corrected chi connectivity index (χ3v) is 2.65. The van der Waals surface area contributed by atoms with E-state index in [2.05, 4.69) is 24.3 Å². The molecule has 2 atom stereocenters. The first-order valence-electron chi connectivity index (χ1n) is 6.03. The molecule has 1 aromatic heterocycles. The van der Waals surface area contributed by atoms with Gasteiger partial charge in [-0.05, 0) is 38.8 Å². The smallest absolute Gasteiger partial charge is 0.0521 e. The Morgan fingerprint density at radius 1 is 1.50 bits per heavy atom. The van der Waals surface area contributed by atoms with Crippen molar-refractivity contribution in [2.45, 2.75) is 46.4 Å². The molecule has 0 spiro atoms. The standard InChI is InChI=1S/C12H23N3O/c1-4-15-12(5-6-14-15)9-13-8-10(2)7-11(3)16/h5-6,10-11,13,16H,4,7-9H2,1-3H3. The van der Waals surface area contributed by atoms with Crippen molar-refractivity contribution in [3.05, 3.63) is 18.0 Å². The van der Waals surface area contributed by atoms with Crippen LogP contribution in [0.5, 0.6) is 0 Å². The predicted molar refractivity (Wildman–Crippen MR) is 65.1 cm³/mol. The number of hydrogen-bond donors (Lipinski definition) is 2. The average Bonchev–Trinajstić information content (AvgIpc) is 2.64. The minimum atomic E-state index is -0.210. The zero-order chi connectivity index (χ0) is 12.0. The number of nitrogens with zero attached hydrogens (tertiary/aromatic N) is 2. The average molecular weight is 225 g/mol. The first-order valence-corrected chi connectivity index (χ1v) is 6.03. The Bertz CT molecular complexity index is 296. The fourth-order valence-corrected chi connectivity index (χ4v) is 1.91. The van der Waals surface area contributed by atoms with Gasteiger partial charge < -0.3 is 10.4 Å². The summed E-state index contributed by atoms with van der Waals surface area (Å²) < 4.78 is 1.99. The second-order valence-corrected chi connectivity index (χ2v) is 4.46. The zero-order valence-corrected chi connectivity index (χ0v) is 10.5. The van der Waals surface area contributed by atoms with E-state index in [1.165, 1.54) is 5.69 Å². The van der Waals surface area contributed by atoms with Crippen molar-refractivity contribution >= 4 is 0 Å². The van der Waals surface area contributed by atoms with Crippen LogP contribution in [0, 0.1) is 5.92 Å². The van der Waals surface area contributed by atoms with Gasteiger partial charge in [0.2, 0.25) is 0 Å². The summed E-state index contributed by atoms with van der Waals surface area (Å²) in [5.41, 5.74) is 1.21. The highest BCUT2D eigenvalue weighted by Crippen LogP contribution is 2.05. The van der Waals surface area contributed by atoms with Gasteiger partial charge in [-0.25, -0.2) is 0 Å². The van der Waals surface area contributed by atoms with Gasteiger partial charge in [-0.2, -0.15) is 5.10 Å². The number of hydrogen-bond acceptors (Lipinski definition) is 3. The van der Waals surface area contributed by atoms with Gasteiger partial charge >= 0.3 is 0 Å².